The molecule has 0 saturated heterocycles. The summed E-state index contributed by atoms with van der Waals surface area (Å²) < 4.78 is 31.4. The fourth-order valence-corrected chi connectivity index (χ4v) is 3.03. The van der Waals surface area contributed by atoms with Gasteiger partial charge in [0, 0.05) is 20.1 Å². The first-order valence-electron chi connectivity index (χ1n) is 8.70. The fourth-order valence-electron chi connectivity index (χ4n) is 2.30. The van der Waals surface area contributed by atoms with E-state index in [1.165, 1.54) is 7.05 Å². The molecule has 28 heavy (non-hydrogen) atoms. The zero-order valence-corrected chi connectivity index (χ0v) is 19.2. The Bertz CT molecular complexity index is 828. The number of para-hydroxylation sites is 1. The van der Waals surface area contributed by atoms with Crippen LogP contribution in [-0.4, -0.2) is 41.6 Å². The average molecular weight is 518 g/mol. The van der Waals surface area contributed by atoms with Crippen molar-refractivity contribution in [2.45, 2.75) is 17.9 Å². The van der Waals surface area contributed by atoms with Crippen molar-refractivity contribution in [3.8, 4) is 5.75 Å². The first-order chi connectivity index (χ1) is 13.0. The van der Waals surface area contributed by atoms with E-state index >= 15 is 0 Å². The number of nitrogens with one attached hydrogen (secondary N) is 3. The van der Waals surface area contributed by atoms with Gasteiger partial charge in [0.2, 0.25) is 10.0 Å². The van der Waals surface area contributed by atoms with E-state index in [4.69, 9.17) is 4.74 Å². The molecule has 0 unspecified atom stereocenters. The topological polar surface area (TPSA) is 91.8 Å². The lowest BCUT2D eigenvalue weighted by atomic mass is 10.2. The molecular weight excluding hydrogens is 491 g/mol. The number of aliphatic imine (C=N–C) groups is 1. The van der Waals surface area contributed by atoms with Gasteiger partial charge in [0.15, 0.2) is 5.96 Å². The molecule has 0 heterocycles. The van der Waals surface area contributed by atoms with E-state index < -0.39 is 10.0 Å². The molecule has 7 nitrogen and oxygen atoms in total. The minimum atomic E-state index is -3.41. The van der Waals surface area contributed by atoms with Gasteiger partial charge in [-0.2, -0.15) is 0 Å². The van der Waals surface area contributed by atoms with E-state index in [1.54, 1.807) is 31.3 Å². The molecule has 0 radical (unpaired) electrons. The van der Waals surface area contributed by atoms with Gasteiger partial charge in [0.05, 0.1) is 11.5 Å². The van der Waals surface area contributed by atoms with Crippen LogP contribution in [0.2, 0.25) is 0 Å². The van der Waals surface area contributed by atoms with Gasteiger partial charge in [0.1, 0.15) is 5.75 Å². The summed E-state index contributed by atoms with van der Waals surface area (Å²) in [4.78, 5) is 4.42. The molecule has 0 atom stereocenters. The number of rotatable bonds is 9. The van der Waals surface area contributed by atoms with Crippen molar-refractivity contribution < 1.29 is 13.2 Å². The van der Waals surface area contributed by atoms with Gasteiger partial charge in [0.25, 0.3) is 0 Å². The molecule has 0 saturated carbocycles. The molecule has 0 bridgehead atoms. The first-order valence-corrected chi connectivity index (χ1v) is 10.2. The average Bonchev–Trinajstić information content (AvgIpc) is 2.71. The molecule has 0 aliphatic heterocycles. The highest BCUT2D eigenvalue weighted by Crippen LogP contribution is 2.10. The van der Waals surface area contributed by atoms with E-state index in [2.05, 4.69) is 20.3 Å². The van der Waals surface area contributed by atoms with Crippen LogP contribution in [-0.2, 0) is 16.6 Å². The minimum Gasteiger partial charge on any atom is -0.494 e. The Hall–Kier alpha value is -1.85. The van der Waals surface area contributed by atoms with Crippen molar-refractivity contribution in [1.82, 2.24) is 15.4 Å². The molecule has 2 aromatic rings. The molecular formula is C19H27IN4O3S. The van der Waals surface area contributed by atoms with Crippen molar-refractivity contribution in [1.29, 1.82) is 0 Å². The Morgan fingerprint density at radius 2 is 1.71 bits per heavy atom. The second-order valence-corrected chi connectivity index (χ2v) is 7.61. The van der Waals surface area contributed by atoms with Crippen LogP contribution in [0, 0.1) is 0 Å². The molecule has 0 amide bonds. The molecule has 2 rings (SSSR count). The number of ether oxygens (including phenoxy) is 1. The Morgan fingerprint density at radius 1 is 1.04 bits per heavy atom. The maximum atomic E-state index is 11.7. The number of benzene rings is 2. The Balaban J connectivity index is 0.00000392. The lowest BCUT2D eigenvalue weighted by molar-refractivity contribution is 0.311. The van der Waals surface area contributed by atoms with Gasteiger partial charge in [-0.05, 0) is 43.3 Å². The summed E-state index contributed by atoms with van der Waals surface area (Å²) in [6.07, 6.45) is 0.839. The van der Waals surface area contributed by atoms with Crippen LogP contribution in [0.15, 0.2) is 64.5 Å². The highest BCUT2D eigenvalue weighted by Gasteiger charge is 2.10. The molecule has 2 aromatic carbocycles. The largest absolute Gasteiger partial charge is 0.494 e. The summed E-state index contributed by atoms with van der Waals surface area (Å²) in [7, 11) is -0.306. The summed E-state index contributed by atoms with van der Waals surface area (Å²) in [6.45, 7) is 1.89. The van der Waals surface area contributed by atoms with Gasteiger partial charge >= 0.3 is 0 Å². The standard InChI is InChI=1S/C19H26N4O3S.HI/c1-20-19(22-13-6-14-26-17-7-4-3-5-8-17)23-15-16-9-11-18(12-10-16)27(24,25)21-2;/h3-5,7-12,21H,6,13-15H2,1-2H3,(H2,20,22,23);1H. The van der Waals surface area contributed by atoms with Crippen molar-refractivity contribution in [2.24, 2.45) is 4.99 Å². The predicted octanol–water partition coefficient (Wildman–Crippen LogP) is 2.35. The van der Waals surface area contributed by atoms with Crippen LogP contribution in [0.5, 0.6) is 5.75 Å². The number of hydrogen-bond acceptors (Lipinski definition) is 4. The zero-order chi connectivity index (χ0) is 19.5. The van der Waals surface area contributed by atoms with Crippen LogP contribution >= 0.6 is 24.0 Å². The monoisotopic (exact) mass is 518 g/mol. The number of nitrogens with zero attached hydrogens (tertiary/aromatic N) is 1. The lowest BCUT2D eigenvalue weighted by Crippen LogP contribution is -2.37. The van der Waals surface area contributed by atoms with Gasteiger partial charge in [-0.25, -0.2) is 13.1 Å². The van der Waals surface area contributed by atoms with Gasteiger partial charge in [-0.3, -0.25) is 4.99 Å². The van der Waals surface area contributed by atoms with E-state index in [-0.39, 0.29) is 28.9 Å². The van der Waals surface area contributed by atoms with E-state index in [9.17, 15) is 8.42 Å². The van der Waals surface area contributed by atoms with Crippen LogP contribution in [0.25, 0.3) is 0 Å². The Morgan fingerprint density at radius 3 is 2.32 bits per heavy atom. The Labute approximate surface area is 184 Å². The van der Waals surface area contributed by atoms with Crippen molar-refractivity contribution >= 4 is 40.0 Å². The van der Waals surface area contributed by atoms with E-state index in [0.29, 0.717) is 19.1 Å². The highest BCUT2D eigenvalue weighted by molar-refractivity contribution is 14.0. The van der Waals surface area contributed by atoms with Gasteiger partial charge in [-0.1, -0.05) is 30.3 Å². The molecule has 154 valence electrons. The second-order valence-electron chi connectivity index (χ2n) is 5.72. The first kappa shape index (κ1) is 24.2. The van der Waals surface area contributed by atoms with Gasteiger partial charge in [-0.15, -0.1) is 24.0 Å². The highest BCUT2D eigenvalue weighted by atomic mass is 127. The molecule has 3 N–H and O–H groups in total. The van der Waals surface area contributed by atoms with Gasteiger partial charge < -0.3 is 15.4 Å². The summed E-state index contributed by atoms with van der Waals surface area (Å²) in [5, 5.41) is 6.42. The normalized spacial score (nSPS) is 11.4. The van der Waals surface area contributed by atoms with Crippen molar-refractivity contribution in [3.63, 3.8) is 0 Å². The Kier molecular flexibility index (Phi) is 10.9. The molecule has 0 spiro atoms. The van der Waals surface area contributed by atoms with E-state index in [1.807, 2.05) is 30.3 Å². The third-order valence-electron chi connectivity index (χ3n) is 3.81. The number of halogens is 1. The molecule has 0 aromatic heterocycles. The smallest absolute Gasteiger partial charge is 0.240 e. The third-order valence-corrected chi connectivity index (χ3v) is 5.24. The minimum absolute atomic E-state index is 0. The van der Waals surface area contributed by atoms with Crippen LogP contribution < -0.4 is 20.1 Å². The maximum absolute atomic E-state index is 11.7. The van der Waals surface area contributed by atoms with Crippen LogP contribution in [0.3, 0.4) is 0 Å². The van der Waals surface area contributed by atoms with Crippen LogP contribution in [0.1, 0.15) is 12.0 Å². The number of sulfonamides is 1. The third kappa shape index (κ3) is 8.03. The fraction of sp³-hybridized carbons (Fsp3) is 0.316. The molecule has 9 heteroatoms. The second kappa shape index (κ2) is 12.6. The molecule has 0 aliphatic rings. The quantitative estimate of drug-likeness (QED) is 0.205. The summed E-state index contributed by atoms with van der Waals surface area (Å²) in [5.41, 5.74) is 0.959. The van der Waals surface area contributed by atoms with E-state index in [0.717, 1.165) is 24.3 Å². The lowest BCUT2D eigenvalue weighted by Gasteiger charge is -2.12. The molecule has 0 fully saturated rings. The zero-order valence-electron chi connectivity index (χ0n) is 16.0. The summed E-state index contributed by atoms with van der Waals surface area (Å²) >= 11 is 0. The van der Waals surface area contributed by atoms with Crippen LogP contribution in [0.4, 0.5) is 0 Å². The van der Waals surface area contributed by atoms with Crippen molar-refractivity contribution in [3.05, 3.63) is 60.2 Å². The summed E-state index contributed by atoms with van der Waals surface area (Å²) in [5.74, 6) is 1.55. The maximum Gasteiger partial charge on any atom is 0.240 e. The number of guanidine groups is 1. The van der Waals surface area contributed by atoms with Crippen molar-refractivity contribution in [2.75, 3.05) is 27.2 Å². The number of hydrogen-bond donors (Lipinski definition) is 3. The predicted molar refractivity (Wildman–Crippen MR) is 123 cm³/mol. The SMILES string of the molecule is CN=C(NCCCOc1ccccc1)NCc1ccc(S(=O)(=O)NC)cc1.I. The molecule has 0 aliphatic carbocycles. The summed E-state index contributed by atoms with van der Waals surface area (Å²) in [6, 6.07) is 16.4.